The topological polar surface area (TPSA) is 0 Å². The number of hydrogen-bond donors (Lipinski definition) is 0. The van der Waals surface area contributed by atoms with Crippen molar-refractivity contribution < 1.29 is 0 Å². The summed E-state index contributed by atoms with van der Waals surface area (Å²) in [6, 6.07) is 0. The van der Waals surface area contributed by atoms with Gasteiger partial charge in [0.05, 0.1) is 0 Å². The van der Waals surface area contributed by atoms with Crippen molar-refractivity contribution in [2.75, 3.05) is 0 Å². The predicted molar refractivity (Wildman–Crippen MR) is 132 cm³/mol. The van der Waals surface area contributed by atoms with E-state index in [1.165, 1.54) is 54.9 Å². The van der Waals surface area contributed by atoms with Crippen LogP contribution in [0.4, 0.5) is 0 Å². The minimum atomic E-state index is 0.295. The molecule has 0 amide bonds. The summed E-state index contributed by atoms with van der Waals surface area (Å²) in [5.41, 5.74) is 5.69. The molecule has 5 aliphatic carbocycles. The van der Waals surface area contributed by atoms with Crippen molar-refractivity contribution in [2.24, 2.45) is 35.0 Å². The zero-order valence-corrected chi connectivity index (χ0v) is 21.0. The smallest absolute Gasteiger partial charge is 0.0115 e. The molecule has 0 bridgehead atoms. The van der Waals surface area contributed by atoms with E-state index >= 15 is 0 Å². The van der Waals surface area contributed by atoms with Crippen LogP contribution < -0.4 is 0 Å². The number of rotatable bonds is 1. The number of hydrogen-bond acceptors (Lipinski definition) is 0. The Kier molecular flexibility index (Phi) is 5.23. The van der Waals surface area contributed by atoms with Gasteiger partial charge in [0.15, 0.2) is 0 Å². The molecule has 0 aromatic carbocycles. The predicted octanol–water partition coefficient (Wildman–Crippen LogP) is 8.18. The van der Waals surface area contributed by atoms with E-state index in [1.54, 1.807) is 5.57 Å². The van der Waals surface area contributed by atoms with Gasteiger partial charge in [0.2, 0.25) is 0 Å². The van der Waals surface area contributed by atoms with E-state index in [4.69, 9.17) is 0 Å². The number of alkyl halides is 1. The second-order valence-electron chi connectivity index (χ2n) is 10.2. The Hall–Kier alpha value is 0.420. The molecule has 0 aliphatic heterocycles. The average molecular weight is 586 g/mol. The highest BCUT2D eigenvalue weighted by Gasteiger charge is 2.47. The zero-order valence-electron chi connectivity index (χ0n) is 16.7. The van der Waals surface area contributed by atoms with E-state index in [0.29, 0.717) is 5.41 Å². The van der Waals surface area contributed by atoms with Crippen LogP contribution in [-0.4, -0.2) is 3.92 Å². The first-order chi connectivity index (χ1) is 12.9. The van der Waals surface area contributed by atoms with Crippen LogP contribution in [0.25, 0.3) is 0 Å². The van der Waals surface area contributed by atoms with Crippen LogP contribution in [0.3, 0.4) is 0 Å². The van der Waals surface area contributed by atoms with Crippen molar-refractivity contribution in [2.45, 2.75) is 69.1 Å². The van der Waals surface area contributed by atoms with E-state index in [1.807, 2.05) is 11.1 Å². The SMILES string of the molecule is CC1(C)C2=CC(I)=CCC2C2=C1C[C@@H]([C@H]1C=CC3CC(I)CCC3C1)CC2. The summed E-state index contributed by atoms with van der Waals surface area (Å²) in [7, 11) is 0. The molecular weight excluding hydrogens is 554 g/mol. The molecule has 0 spiro atoms. The minimum absolute atomic E-state index is 0.295. The zero-order chi connectivity index (χ0) is 18.8. The standard InChI is InChI=1S/C25H32I2/c1-25(2)23-13-18(6-9-21(23)22-10-8-20(27)14-24(22)25)15-3-4-17-12-19(26)7-5-16(17)11-15/h3-4,8,14-19,22H,5-7,9-13H2,1-2H3/t15-,16?,17?,18-,19?,22?/m0/s1. The third-order valence-electron chi connectivity index (χ3n) is 8.52. The lowest BCUT2D eigenvalue weighted by Gasteiger charge is -2.41. The van der Waals surface area contributed by atoms with Crippen molar-refractivity contribution in [1.82, 2.24) is 0 Å². The normalized spacial score (nSPS) is 42.8. The van der Waals surface area contributed by atoms with E-state index < -0.39 is 0 Å². The van der Waals surface area contributed by atoms with Crippen LogP contribution >= 0.6 is 45.2 Å². The molecule has 0 N–H and O–H groups in total. The lowest BCUT2D eigenvalue weighted by molar-refractivity contribution is 0.196. The molecule has 5 rings (SSSR count). The molecule has 6 atom stereocenters. The summed E-state index contributed by atoms with van der Waals surface area (Å²) in [6.07, 6.45) is 21.5. The van der Waals surface area contributed by atoms with Gasteiger partial charge in [-0.05, 0) is 104 Å². The molecule has 0 nitrogen and oxygen atoms in total. The van der Waals surface area contributed by atoms with Crippen molar-refractivity contribution in [1.29, 1.82) is 0 Å². The van der Waals surface area contributed by atoms with Gasteiger partial charge in [-0.15, -0.1) is 0 Å². The molecule has 1 fully saturated rings. The van der Waals surface area contributed by atoms with Crippen LogP contribution in [-0.2, 0) is 0 Å². The molecule has 0 aromatic heterocycles. The van der Waals surface area contributed by atoms with Gasteiger partial charge in [-0.1, -0.05) is 71.4 Å². The van der Waals surface area contributed by atoms with E-state index in [0.717, 1.165) is 33.5 Å². The summed E-state index contributed by atoms with van der Waals surface area (Å²) in [6.45, 7) is 5.03. The van der Waals surface area contributed by atoms with Crippen LogP contribution in [0.2, 0.25) is 0 Å². The molecule has 27 heavy (non-hydrogen) atoms. The molecule has 0 saturated heterocycles. The number of fused-ring (bicyclic) bond motifs is 3. The molecule has 0 radical (unpaired) electrons. The number of halogens is 2. The fraction of sp³-hybridized carbons (Fsp3) is 0.680. The van der Waals surface area contributed by atoms with Crippen LogP contribution in [0.15, 0.2) is 44.6 Å². The summed E-state index contributed by atoms with van der Waals surface area (Å²) >= 11 is 5.20. The second-order valence-corrected chi connectivity index (χ2v) is 13.2. The molecule has 146 valence electrons. The quantitative estimate of drug-likeness (QED) is 0.165. The molecule has 0 heterocycles. The highest BCUT2D eigenvalue weighted by atomic mass is 127. The fourth-order valence-corrected chi connectivity index (χ4v) is 8.52. The van der Waals surface area contributed by atoms with Gasteiger partial charge in [0, 0.05) is 18.8 Å². The largest absolute Gasteiger partial charge is 0.0848 e. The lowest BCUT2D eigenvalue weighted by Crippen LogP contribution is -2.31. The first kappa shape index (κ1) is 19.4. The Morgan fingerprint density at radius 2 is 1.78 bits per heavy atom. The van der Waals surface area contributed by atoms with E-state index in [9.17, 15) is 0 Å². The Balaban J connectivity index is 1.36. The Morgan fingerprint density at radius 1 is 1.00 bits per heavy atom. The molecule has 4 unspecified atom stereocenters. The van der Waals surface area contributed by atoms with Gasteiger partial charge < -0.3 is 0 Å². The van der Waals surface area contributed by atoms with Gasteiger partial charge in [0.1, 0.15) is 0 Å². The van der Waals surface area contributed by atoms with E-state index in [2.05, 4.69) is 83.3 Å². The average Bonchev–Trinajstić information content (AvgIpc) is 2.88. The highest BCUT2D eigenvalue weighted by Crippen LogP contribution is 2.59. The Bertz CT molecular complexity index is 750. The summed E-state index contributed by atoms with van der Waals surface area (Å²) in [5, 5.41) is 0. The number of allylic oxidation sites excluding steroid dienone is 8. The van der Waals surface area contributed by atoms with Crippen LogP contribution in [0, 0.1) is 35.0 Å². The maximum absolute atomic E-state index is 2.68. The third kappa shape index (κ3) is 3.37. The maximum Gasteiger partial charge on any atom is 0.0115 e. The molecule has 5 aliphatic rings. The van der Waals surface area contributed by atoms with Gasteiger partial charge >= 0.3 is 0 Å². The first-order valence-electron chi connectivity index (χ1n) is 11.1. The molecule has 1 saturated carbocycles. The van der Waals surface area contributed by atoms with Crippen LogP contribution in [0.1, 0.15) is 65.2 Å². The third-order valence-corrected chi connectivity index (χ3v) is 10.4. The molecular formula is C25H32I2. The van der Waals surface area contributed by atoms with Crippen molar-refractivity contribution in [3.63, 3.8) is 0 Å². The van der Waals surface area contributed by atoms with Crippen molar-refractivity contribution in [3.8, 4) is 0 Å². The summed E-state index contributed by atoms with van der Waals surface area (Å²) in [5.74, 6) is 4.34. The molecule has 2 heteroatoms. The fourth-order valence-electron chi connectivity index (χ4n) is 6.99. The van der Waals surface area contributed by atoms with Crippen LogP contribution in [0.5, 0.6) is 0 Å². The monoisotopic (exact) mass is 586 g/mol. The van der Waals surface area contributed by atoms with Gasteiger partial charge in [-0.25, -0.2) is 0 Å². The van der Waals surface area contributed by atoms with Crippen molar-refractivity contribution >= 4 is 45.2 Å². The van der Waals surface area contributed by atoms with E-state index in [-0.39, 0.29) is 0 Å². The lowest BCUT2D eigenvalue weighted by atomic mass is 9.65. The molecule has 0 aromatic rings. The highest BCUT2D eigenvalue weighted by molar-refractivity contribution is 14.1. The van der Waals surface area contributed by atoms with Gasteiger partial charge in [-0.2, -0.15) is 0 Å². The Labute approximate surface area is 192 Å². The summed E-state index contributed by atoms with van der Waals surface area (Å²) in [4.78, 5) is 0. The van der Waals surface area contributed by atoms with Gasteiger partial charge in [-0.3, -0.25) is 0 Å². The van der Waals surface area contributed by atoms with Gasteiger partial charge in [0.25, 0.3) is 0 Å². The Morgan fingerprint density at radius 3 is 2.59 bits per heavy atom. The first-order valence-corrected chi connectivity index (χ1v) is 13.4. The summed E-state index contributed by atoms with van der Waals surface area (Å²) < 4.78 is 2.37. The maximum atomic E-state index is 2.68. The van der Waals surface area contributed by atoms with Crippen molar-refractivity contribution in [3.05, 3.63) is 44.6 Å². The second kappa shape index (κ2) is 7.28. The minimum Gasteiger partial charge on any atom is -0.0848 e.